The van der Waals surface area contributed by atoms with E-state index in [2.05, 4.69) is 0 Å². The molecule has 72 valence electrons. The van der Waals surface area contributed by atoms with Crippen LogP contribution in [0, 0.1) is 0 Å². The molecule has 0 aliphatic rings. The topological polar surface area (TPSA) is 92.5 Å². The number of nitrogen functional groups attached to an aromatic ring is 1. The van der Waals surface area contributed by atoms with Gasteiger partial charge in [-0.15, -0.1) is 0 Å². The van der Waals surface area contributed by atoms with Crippen LogP contribution in [-0.4, -0.2) is 16.8 Å². The summed E-state index contributed by atoms with van der Waals surface area (Å²) in [6.45, 7) is 0.229. The number of aliphatic hydroxyl groups is 1. The van der Waals surface area contributed by atoms with Gasteiger partial charge in [-0.3, -0.25) is 0 Å². The number of nitrogens with two attached hydrogens (primary N) is 2. The van der Waals surface area contributed by atoms with E-state index in [1.807, 2.05) is 0 Å². The Morgan fingerprint density at radius 3 is 2.46 bits per heavy atom. The molecule has 0 heterocycles. The second-order valence-electron chi connectivity index (χ2n) is 2.81. The fraction of sp³-hybridized carbons (Fsp3) is 0.333. The molecule has 0 aromatic heterocycles. The molecule has 6 N–H and O–H groups in total. The summed E-state index contributed by atoms with van der Waals surface area (Å²) >= 11 is 0. The van der Waals surface area contributed by atoms with E-state index in [1.54, 1.807) is 6.07 Å². The highest BCUT2D eigenvalue weighted by Crippen LogP contribution is 2.26. The summed E-state index contributed by atoms with van der Waals surface area (Å²) in [6.07, 6.45) is 0.423. The van der Waals surface area contributed by atoms with Gasteiger partial charge in [-0.1, -0.05) is 0 Å². The minimum absolute atomic E-state index is 0.000648. The van der Waals surface area contributed by atoms with Gasteiger partial charge in [0, 0.05) is 24.4 Å². The number of rotatable bonds is 3. The SMILES string of the molecule is NCc1c(O)ccc(N)c1CCO. The van der Waals surface area contributed by atoms with Gasteiger partial charge in [-0.25, -0.2) is 0 Å². The van der Waals surface area contributed by atoms with Gasteiger partial charge < -0.3 is 21.7 Å². The number of hydrogen-bond acceptors (Lipinski definition) is 4. The summed E-state index contributed by atoms with van der Waals surface area (Å²) in [5, 5.41) is 18.2. The lowest BCUT2D eigenvalue weighted by Crippen LogP contribution is -2.07. The van der Waals surface area contributed by atoms with Crippen molar-refractivity contribution in [2.24, 2.45) is 5.73 Å². The molecule has 4 nitrogen and oxygen atoms in total. The second kappa shape index (κ2) is 4.11. The summed E-state index contributed by atoms with van der Waals surface area (Å²) in [7, 11) is 0. The van der Waals surface area contributed by atoms with Gasteiger partial charge in [-0.2, -0.15) is 0 Å². The Labute approximate surface area is 76.8 Å². The maximum Gasteiger partial charge on any atom is 0.120 e. The Hall–Kier alpha value is -1.26. The highest BCUT2D eigenvalue weighted by Gasteiger charge is 2.08. The van der Waals surface area contributed by atoms with Crippen LogP contribution in [0.4, 0.5) is 5.69 Å². The monoisotopic (exact) mass is 182 g/mol. The molecule has 0 saturated heterocycles. The number of anilines is 1. The summed E-state index contributed by atoms with van der Waals surface area (Å²) in [4.78, 5) is 0. The fourth-order valence-corrected chi connectivity index (χ4v) is 1.33. The van der Waals surface area contributed by atoms with Gasteiger partial charge in [0.05, 0.1) is 0 Å². The van der Waals surface area contributed by atoms with Gasteiger partial charge >= 0.3 is 0 Å². The van der Waals surface area contributed by atoms with Crippen LogP contribution in [0.15, 0.2) is 12.1 Å². The molecule has 0 amide bonds. The van der Waals surface area contributed by atoms with Crippen molar-refractivity contribution in [3.05, 3.63) is 23.3 Å². The Bertz CT molecular complexity index is 300. The first-order valence-electron chi connectivity index (χ1n) is 4.10. The Morgan fingerprint density at radius 1 is 1.23 bits per heavy atom. The highest BCUT2D eigenvalue weighted by molar-refractivity contribution is 5.56. The molecule has 0 aliphatic heterocycles. The number of benzene rings is 1. The lowest BCUT2D eigenvalue weighted by atomic mass is 10.0. The van der Waals surface area contributed by atoms with Crippen molar-refractivity contribution in [2.75, 3.05) is 12.3 Å². The average molecular weight is 182 g/mol. The van der Waals surface area contributed by atoms with E-state index in [4.69, 9.17) is 16.6 Å². The van der Waals surface area contributed by atoms with Crippen LogP contribution in [0.1, 0.15) is 11.1 Å². The van der Waals surface area contributed by atoms with Gasteiger partial charge in [0.25, 0.3) is 0 Å². The highest BCUT2D eigenvalue weighted by atomic mass is 16.3. The van der Waals surface area contributed by atoms with Gasteiger partial charge in [-0.05, 0) is 24.1 Å². The first-order valence-corrected chi connectivity index (χ1v) is 4.10. The minimum atomic E-state index is 0.000648. The van der Waals surface area contributed by atoms with E-state index < -0.39 is 0 Å². The van der Waals surface area contributed by atoms with Crippen LogP contribution in [-0.2, 0) is 13.0 Å². The summed E-state index contributed by atoms with van der Waals surface area (Å²) in [6, 6.07) is 3.12. The molecule has 13 heavy (non-hydrogen) atoms. The maximum atomic E-state index is 9.43. The van der Waals surface area contributed by atoms with Gasteiger partial charge in [0.2, 0.25) is 0 Å². The molecule has 0 fully saturated rings. The number of aliphatic hydroxyl groups excluding tert-OH is 1. The van der Waals surface area contributed by atoms with Crippen LogP contribution in [0.3, 0.4) is 0 Å². The average Bonchev–Trinajstić information content (AvgIpc) is 2.12. The zero-order chi connectivity index (χ0) is 9.84. The second-order valence-corrected chi connectivity index (χ2v) is 2.81. The van der Waals surface area contributed by atoms with E-state index in [1.165, 1.54) is 6.07 Å². The van der Waals surface area contributed by atoms with Crippen molar-refractivity contribution in [1.82, 2.24) is 0 Å². The molecule has 0 atom stereocenters. The molecule has 0 unspecified atom stereocenters. The molecule has 0 saturated carbocycles. The van der Waals surface area contributed by atoms with E-state index in [0.717, 1.165) is 5.56 Å². The van der Waals surface area contributed by atoms with Crippen LogP contribution in [0.25, 0.3) is 0 Å². The summed E-state index contributed by atoms with van der Waals surface area (Å²) in [5.41, 5.74) is 13.1. The van der Waals surface area contributed by atoms with E-state index >= 15 is 0 Å². The Balaban J connectivity index is 3.18. The number of phenols is 1. The van der Waals surface area contributed by atoms with Crippen molar-refractivity contribution in [3.8, 4) is 5.75 Å². The van der Waals surface area contributed by atoms with E-state index in [9.17, 15) is 5.11 Å². The zero-order valence-electron chi connectivity index (χ0n) is 7.33. The quantitative estimate of drug-likeness (QED) is 0.390. The molecule has 1 aromatic carbocycles. The molecule has 1 aromatic rings. The lowest BCUT2D eigenvalue weighted by Gasteiger charge is -2.11. The van der Waals surface area contributed by atoms with E-state index in [-0.39, 0.29) is 18.9 Å². The molecule has 0 aliphatic carbocycles. The van der Waals surface area contributed by atoms with Gasteiger partial charge in [0.15, 0.2) is 0 Å². The molecular weight excluding hydrogens is 168 g/mol. The fourth-order valence-electron chi connectivity index (χ4n) is 1.33. The smallest absolute Gasteiger partial charge is 0.120 e. The van der Waals surface area contributed by atoms with Crippen LogP contribution in [0.5, 0.6) is 5.75 Å². The molecule has 4 heteroatoms. The maximum absolute atomic E-state index is 9.43. The van der Waals surface area contributed by atoms with Crippen molar-refractivity contribution < 1.29 is 10.2 Å². The predicted molar refractivity (Wildman–Crippen MR) is 51.2 cm³/mol. The normalized spacial score (nSPS) is 10.3. The summed E-state index contributed by atoms with van der Waals surface area (Å²) < 4.78 is 0. The van der Waals surface area contributed by atoms with Crippen molar-refractivity contribution in [3.63, 3.8) is 0 Å². The summed E-state index contributed by atoms with van der Waals surface area (Å²) in [5.74, 6) is 0.139. The van der Waals surface area contributed by atoms with Crippen LogP contribution < -0.4 is 11.5 Å². The first kappa shape index (κ1) is 9.83. The van der Waals surface area contributed by atoms with E-state index in [0.29, 0.717) is 17.7 Å². The molecule has 0 bridgehead atoms. The molecular formula is C9H14N2O2. The number of hydrogen-bond donors (Lipinski definition) is 4. The lowest BCUT2D eigenvalue weighted by molar-refractivity contribution is 0.299. The molecule has 0 radical (unpaired) electrons. The van der Waals surface area contributed by atoms with Crippen molar-refractivity contribution >= 4 is 5.69 Å². The minimum Gasteiger partial charge on any atom is -0.508 e. The molecule has 0 spiro atoms. The van der Waals surface area contributed by atoms with Crippen LogP contribution in [0.2, 0.25) is 0 Å². The van der Waals surface area contributed by atoms with Gasteiger partial charge in [0.1, 0.15) is 5.75 Å². The number of aromatic hydroxyl groups is 1. The Morgan fingerprint density at radius 2 is 1.92 bits per heavy atom. The standard InChI is InChI=1S/C9H14N2O2/c10-5-7-6(3-4-12)8(11)1-2-9(7)13/h1-2,12-13H,3-5,10-11H2. The Kier molecular flexibility index (Phi) is 3.11. The molecule has 1 rings (SSSR count). The third kappa shape index (κ3) is 1.91. The predicted octanol–water partition coefficient (Wildman–Crippen LogP) is -0.0321. The van der Waals surface area contributed by atoms with Crippen molar-refractivity contribution in [1.29, 1.82) is 0 Å². The van der Waals surface area contributed by atoms with Crippen LogP contribution >= 0.6 is 0 Å². The van der Waals surface area contributed by atoms with Crippen molar-refractivity contribution in [2.45, 2.75) is 13.0 Å². The largest absolute Gasteiger partial charge is 0.508 e. The zero-order valence-corrected chi connectivity index (χ0v) is 7.33. The number of phenolic OH excluding ortho intramolecular Hbond substituents is 1. The first-order chi connectivity index (χ1) is 6.20. The third-order valence-electron chi connectivity index (χ3n) is 2.01. The third-order valence-corrected chi connectivity index (χ3v) is 2.01.